The first kappa shape index (κ1) is 12.9. The molecule has 0 aliphatic carbocycles. The summed E-state index contributed by atoms with van der Waals surface area (Å²) in [4.78, 5) is 17.7. The molecule has 1 aliphatic rings. The summed E-state index contributed by atoms with van der Waals surface area (Å²) >= 11 is 0. The molecule has 0 aromatic carbocycles. The number of hydrogen-bond acceptors (Lipinski definition) is 5. The summed E-state index contributed by atoms with van der Waals surface area (Å²) in [6.07, 6.45) is 2.95. The quantitative estimate of drug-likeness (QED) is 0.767. The van der Waals surface area contributed by atoms with Gasteiger partial charge in [-0.1, -0.05) is 5.16 Å². The highest BCUT2D eigenvalue weighted by molar-refractivity contribution is 5.68. The first-order valence-electron chi connectivity index (χ1n) is 6.20. The standard InChI is InChI=1S/C12H19N3O3/c1-12(2,3)18-11(16)15-6-4-5-9(7-15)10-13-8-17-14-10/h8-9H,4-7H2,1-3H3/t9-/m1/s1. The number of rotatable bonds is 1. The summed E-state index contributed by atoms with van der Waals surface area (Å²) in [5.74, 6) is 0.813. The van der Waals surface area contributed by atoms with Gasteiger partial charge < -0.3 is 14.2 Å². The molecule has 1 saturated heterocycles. The molecule has 1 aromatic rings. The molecule has 2 rings (SSSR count). The monoisotopic (exact) mass is 253 g/mol. The summed E-state index contributed by atoms with van der Waals surface area (Å²) < 4.78 is 10.1. The van der Waals surface area contributed by atoms with Crippen LogP contribution in [0.5, 0.6) is 0 Å². The van der Waals surface area contributed by atoms with Gasteiger partial charge in [0.05, 0.1) is 0 Å². The Kier molecular flexibility index (Phi) is 3.54. The number of carbonyl (C=O) groups excluding carboxylic acids is 1. The predicted octanol–water partition coefficient (Wildman–Crippen LogP) is 2.18. The molecule has 2 heterocycles. The molecule has 18 heavy (non-hydrogen) atoms. The molecule has 0 bridgehead atoms. The van der Waals surface area contributed by atoms with Crippen molar-refractivity contribution in [2.45, 2.75) is 45.1 Å². The maximum atomic E-state index is 12.0. The Bertz CT molecular complexity index is 397. The van der Waals surface area contributed by atoms with Gasteiger partial charge in [-0.2, -0.15) is 4.98 Å². The van der Waals surface area contributed by atoms with E-state index in [9.17, 15) is 4.79 Å². The van der Waals surface area contributed by atoms with Crippen molar-refractivity contribution >= 4 is 6.09 Å². The molecule has 100 valence electrons. The van der Waals surface area contributed by atoms with Crippen LogP contribution in [0.4, 0.5) is 4.79 Å². The number of nitrogens with zero attached hydrogens (tertiary/aromatic N) is 3. The minimum absolute atomic E-state index is 0.144. The van der Waals surface area contributed by atoms with Crippen molar-refractivity contribution in [2.75, 3.05) is 13.1 Å². The van der Waals surface area contributed by atoms with Crippen molar-refractivity contribution in [1.82, 2.24) is 15.0 Å². The van der Waals surface area contributed by atoms with Crippen molar-refractivity contribution in [3.05, 3.63) is 12.2 Å². The van der Waals surface area contributed by atoms with E-state index in [2.05, 4.69) is 10.1 Å². The number of carbonyl (C=O) groups is 1. The Morgan fingerprint density at radius 3 is 2.94 bits per heavy atom. The van der Waals surface area contributed by atoms with Crippen LogP contribution in [0.15, 0.2) is 10.9 Å². The van der Waals surface area contributed by atoms with Gasteiger partial charge in [0, 0.05) is 19.0 Å². The average molecular weight is 253 g/mol. The van der Waals surface area contributed by atoms with E-state index >= 15 is 0 Å². The number of amides is 1. The highest BCUT2D eigenvalue weighted by Crippen LogP contribution is 2.25. The lowest BCUT2D eigenvalue weighted by molar-refractivity contribution is 0.0195. The van der Waals surface area contributed by atoms with E-state index in [1.165, 1.54) is 6.39 Å². The van der Waals surface area contributed by atoms with Gasteiger partial charge in [0.25, 0.3) is 0 Å². The van der Waals surface area contributed by atoms with E-state index in [0.29, 0.717) is 12.4 Å². The van der Waals surface area contributed by atoms with Crippen molar-refractivity contribution in [3.63, 3.8) is 0 Å². The number of piperidine rings is 1. The second-order valence-corrected chi connectivity index (χ2v) is 5.55. The fourth-order valence-corrected chi connectivity index (χ4v) is 2.04. The van der Waals surface area contributed by atoms with Crippen LogP contribution in [-0.2, 0) is 4.74 Å². The van der Waals surface area contributed by atoms with E-state index in [1.807, 2.05) is 20.8 Å². The second kappa shape index (κ2) is 4.96. The number of ether oxygens (including phenoxy) is 1. The molecule has 1 fully saturated rings. The van der Waals surface area contributed by atoms with Gasteiger partial charge in [0.1, 0.15) is 5.60 Å². The Morgan fingerprint density at radius 2 is 2.33 bits per heavy atom. The summed E-state index contributed by atoms with van der Waals surface area (Å²) in [7, 11) is 0. The molecule has 0 saturated carbocycles. The lowest BCUT2D eigenvalue weighted by Gasteiger charge is -2.32. The van der Waals surface area contributed by atoms with Crippen LogP contribution in [-0.4, -0.2) is 39.8 Å². The normalized spacial score (nSPS) is 20.8. The fraction of sp³-hybridized carbons (Fsp3) is 0.750. The van der Waals surface area contributed by atoms with Gasteiger partial charge in [-0.05, 0) is 33.6 Å². The first-order valence-corrected chi connectivity index (χ1v) is 6.20. The molecule has 6 heteroatoms. The Morgan fingerprint density at radius 1 is 1.56 bits per heavy atom. The third kappa shape index (κ3) is 3.21. The minimum atomic E-state index is -0.462. The van der Waals surface area contributed by atoms with Crippen LogP contribution in [0, 0.1) is 0 Å². The van der Waals surface area contributed by atoms with Gasteiger partial charge in [0.2, 0.25) is 6.39 Å². The van der Waals surface area contributed by atoms with Crippen molar-refractivity contribution in [3.8, 4) is 0 Å². The van der Waals surface area contributed by atoms with E-state index in [4.69, 9.17) is 9.26 Å². The van der Waals surface area contributed by atoms with Crippen LogP contribution in [0.1, 0.15) is 45.4 Å². The van der Waals surface area contributed by atoms with Gasteiger partial charge in [0.15, 0.2) is 5.82 Å². The maximum Gasteiger partial charge on any atom is 0.410 e. The van der Waals surface area contributed by atoms with Crippen molar-refractivity contribution in [1.29, 1.82) is 0 Å². The molecule has 1 amide bonds. The van der Waals surface area contributed by atoms with E-state index < -0.39 is 5.60 Å². The molecular formula is C12H19N3O3. The molecule has 1 aliphatic heterocycles. The Hall–Kier alpha value is -1.59. The largest absolute Gasteiger partial charge is 0.444 e. The summed E-state index contributed by atoms with van der Waals surface area (Å²) in [5, 5.41) is 3.84. The Balaban J connectivity index is 1.96. The Labute approximate surface area is 106 Å². The van der Waals surface area contributed by atoms with Gasteiger partial charge in [-0.15, -0.1) is 0 Å². The topological polar surface area (TPSA) is 68.5 Å². The van der Waals surface area contributed by atoms with Gasteiger partial charge in [-0.3, -0.25) is 0 Å². The molecule has 0 spiro atoms. The lowest BCUT2D eigenvalue weighted by atomic mass is 9.98. The minimum Gasteiger partial charge on any atom is -0.444 e. The molecule has 1 aromatic heterocycles. The van der Waals surface area contributed by atoms with Crippen LogP contribution in [0.3, 0.4) is 0 Å². The van der Waals surface area contributed by atoms with Crippen LogP contribution >= 0.6 is 0 Å². The first-order chi connectivity index (χ1) is 8.46. The van der Waals surface area contributed by atoms with Crippen LogP contribution in [0.2, 0.25) is 0 Å². The zero-order valence-electron chi connectivity index (χ0n) is 11.0. The van der Waals surface area contributed by atoms with E-state index in [0.717, 1.165) is 19.4 Å². The van der Waals surface area contributed by atoms with E-state index in [1.54, 1.807) is 4.90 Å². The van der Waals surface area contributed by atoms with E-state index in [-0.39, 0.29) is 12.0 Å². The lowest BCUT2D eigenvalue weighted by Crippen LogP contribution is -2.42. The third-order valence-electron chi connectivity index (χ3n) is 2.82. The third-order valence-corrected chi connectivity index (χ3v) is 2.82. The number of aromatic nitrogens is 2. The highest BCUT2D eigenvalue weighted by Gasteiger charge is 2.29. The molecular weight excluding hydrogens is 234 g/mol. The van der Waals surface area contributed by atoms with Crippen LogP contribution in [0.25, 0.3) is 0 Å². The van der Waals surface area contributed by atoms with Crippen molar-refractivity contribution < 1.29 is 14.1 Å². The maximum absolute atomic E-state index is 12.0. The van der Waals surface area contributed by atoms with Gasteiger partial charge in [-0.25, -0.2) is 4.79 Å². The van der Waals surface area contributed by atoms with Crippen molar-refractivity contribution in [2.24, 2.45) is 0 Å². The molecule has 1 atom stereocenters. The smallest absolute Gasteiger partial charge is 0.410 e. The van der Waals surface area contributed by atoms with Gasteiger partial charge >= 0.3 is 6.09 Å². The molecule has 0 radical (unpaired) electrons. The SMILES string of the molecule is CC(C)(C)OC(=O)N1CCC[C@@H](c2ncon2)C1. The number of hydrogen-bond donors (Lipinski definition) is 0. The zero-order valence-corrected chi connectivity index (χ0v) is 11.0. The molecule has 0 N–H and O–H groups in total. The van der Waals surface area contributed by atoms with Crippen LogP contribution < -0.4 is 0 Å². The average Bonchev–Trinajstić information content (AvgIpc) is 2.80. The number of likely N-dealkylation sites (tertiary alicyclic amines) is 1. The summed E-state index contributed by atoms with van der Waals surface area (Å²) in [6, 6.07) is 0. The zero-order chi connectivity index (χ0) is 13.2. The fourth-order valence-electron chi connectivity index (χ4n) is 2.04. The second-order valence-electron chi connectivity index (χ2n) is 5.55. The summed E-state index contributed by atoms with van der Waals surface area (Å²) in [6.45, 7) is 6.92. The predicted molar refractivity (Wildman–Crippen MR) is 64.1 cm³/mol. The summed E-state index contributed by atoms with van der Waals surface area (Å²) in [5.41, 5.74) is -0.462. The molecule has 0 unspecified atom stereocenters. The highest BCUT2D eigenvalue weighted by atomic mass is 16.6. The molecule has 6 nitrogen and oxygen atoms in total.